The molecule has 4 aromatic rings. The summed E-state index contributed by atoms with van der Waals surface area (Å²) < 4.78 is 0. The van der Waals surface area contributed by atoms with E-state index in [4.69, 9.17) is 11.6 Å². The molecule has 4 rings (SSSR count). The second-order valence-corrected chi connectivity index (χ2v) is 9.46. The van der Waals surface area contributed by atoms with Gasteiger partial charge in [0.15, 0.2) is 5.13 Å². The minimum absolute atomic E-state index is 0.0821. The first-order chi connectivity index (χ1) is 16.0. The van der Waals surface area contributed by atoms with Gasteiger partial charge in [0, 0.05) is 26.5 Å². The molecule has 0 saturated heterocycles. The van der Waals surface area contributed by atoms with Crippen LogP contribution in [0.4, 0.5) is 10.8 Å². The van der Waals surface area contributed by atoms with Crippen molar-refractivity contribution in [3.05, 3.63) is 94.8 Å². The van der Waals surface area contributed by atoms with E-state index in [-0.39, 0.29) is 17.6 Å². The fourth-order valence-corrected chi connectivity index (χ4v) is 4.66. The Morgan fingerprint density at radius 1 is 0.909 bits per heavy atom. The zero-order valence-electron chi connectivity index (χ0n) is 17.5. The second kappa shape index (κ2) is 11.1. The van der Waals surface area contributed by atoms with Crippen molar-refractivity contribution < 1.29 is 9.59 Å². The van der Waals surface area contributed by atoms with Crippen LogP contribution in [-0.2, 0) is 16.0 Å². The Bertz CT molecular complexity index is 1240. The largest absolute Gasteiger partial charge is 0.326 e. The van der Waals surface area contributed by atoms with Crippen molar-refractivity contribution in [2.45, 2.75) is 11.3 Å². The van der Waals surface area contributed by atoms with Crippen molar-refractivity contribution in [3.63, 3.8) is 0 Å². The molecule has 33 heavy (non-hydrogen) atoms. The Hall–Kier alpha value is -3.13. The van der Waals surface area contributed by atoms with Crippen molar-refractivity contribution in [2.24, 2.45) is 0 Å². The van der Waals surface area contributed by atoms with Crippen LogP contribution in [0.5, 0.6) is 0 Å². The maximum atomic E-state index is 12.4. The van der Waals surface area contributed by atoms with E-state index in [1.807, 2.05) is 84.2 Å². The molecule has 3 aromatic carbocycles. The fraction of sp³-hybridized carbons (Fsp3) is 0.0800. The number of carbonyl (C=O) groups excluding carboxylic acids is 2. The number of anilines is 2. The summed E-state index contributed by atoms with van der Waals surface area (Å²) in [5, 5.41) is 8.86. The maximum absolute atomic E-state index is 12.4. The number of nitrogens with zero attached hydrogens (tertiary/aromatic N) is 1. The van der Waals surface area contributed by atoms with Crippen LogP contribution in [0.15, 0.2) is 89.1 Å². The average molecular weight is 494 g/mol. The van der Waals surface area contributed by atoms with E-state index in [1.165, 1.54) is 23.1 Å². The monoisotopic (exact) mass is 493 g/mol. The minimum Gasteiger partial charge on any atom is -0.326 e. The van der Waals surface area contributed by atoms with E-state index in [0.717, 1.165) is 21.7 Å². The Kier molecular flexibility index (Phi) is 7.78. The van der Waals surface area contributed by atoms with Gasteiger partial charge in [0.05, 0.1) is 17.9 Å². The summed E-state index contributed by atoms with van der Waals surface area (Å²) in [6, 6.07) is 24.5. The molecule has 0 aliphatic rings. The molecule has 166 valence electrons. The highest BCUT2D eigenvalue weighted by molar-refractivity contribution is 8.00. The number of rotatable bonds is 8. The van der Waals surface area contributed by atoms with Gasteiger partial charge in [0.25, 0.3) is 0 Å². The van der Waals surface area contributed by atoms with E-state index in [0.29, 0.717) is 22.3 Å². The number of thiazole rings is 1. The molecule has 1 aromatic heterocycles. The molecule has 0 aliphatic heterocycles. The maximum Gasteiger partial charge on any atom is 0.236 e. The number of thioether (sulfide) groups is 1. The van der Waals surface area contributed by atoms with Crippen LogP contribution in [0.3, 0.4) is 0 Å². The standard InChI is InChI=1S/C25H20ClN3O2S2/c26-19-11-9-18(10-12-19)22-15-33-25(28-22)29-24(31)16-32-21-8-4-7-20(14-21)27-23(30)13-17-5-2-1-3-6-17/h1-12,14-15H,13,16H2,(H,27,30)(H,28,29,31). The molecule has 8 heteroatoms. The Balaban J connectivity index is 1.28. The number of benzene rings is 3. The van der Waals surface area contributed by atoms with Crippen molar-refractivity contribution in [1.82, 2.24) is 4.98 Å². The highest BCUT2D eigenvalue weighted by Gasteiger charge is 2.10. The Morgan fingerprint density at radius 3 is 2.48 bits per heavy atom. The van der Waals surface area contributed by atoms with Gasteiger partial charge in [-0.2, -0.15) is 0 Å². The lowest BCUT2D eigenvalue weighted by Gasteiger charge is -2.08. The second-order valence-electron chi connectivity index (χ2n) is 7.12. The Morgan fingerprint density at radius 2 is 1.70 bits per heavy atom. The van der Waals surface area contributed by atoms with Crippen molar-refractivity contribution >= 4 is 57.3 Å². The number of amides is 2. The van der Waals surface area contributed by atoms with E-state index in [9.17, 15) is 9.59 Å². The number of aromatic nitrogens is 1. The van der Waals surface area contributed by atoms with Gasteiger partial charge in [-0.05, 0) is 35.9 Å². The molecule has 5 nitrogen and oxygen atoms in total. The van der Waals surface area contributed by atoms with Gasteiger partial charge in [-0.3, -0.25) is 9.59 Å². The van der Waals surface area contributed by atoms with E-state index in [2.05, 4.69) is 15.6 Å². The number of carbonyl (C=O) groups is 2. The SMILES string of the molecule is O=C(Cc1ccccc1)Nc1cccc(SCC(=O)Nc2nc(-c3ccc(Cl)cc3)cs2)c1. The highest BCUT2D eigenvalue weighted by atomic mass is 35.5. The average Bonchev–Trinajstić information content (AvgIpc) is 3.27. The molecule has 0 fully saturated rings. The molecule has 0 aliphatic carbocycles. The zero-order valence-corrected chi connectivity index (χ0v) is 19.8. The molecule has 0 radical (unpaired) electrons. The van der Waals surface area contributed by atoms with Gasteiger partial charge in [-0.25, -0.2) is 4.98 Å². The number of nitrogens with one attached hydrogen (secondary N) is 2. The quantitative estimate of drug-likeness (QED) is 0.279. The summed E-state index contributed by atoms with van der Waals surface area (Å²) in [6.45, 7) is 0. The summed E-state index contributed by atoms with van der Waals surface area (Å²) >= 11 is 8.70. The third kappa shape index (κ3) is 6.92. The first kappa shape index (κ1) is 23.0. The van der Waals surface area contributed by atoms with Gasteiger partial charge in [-0.1, -0.05) is 60.1 Å². The number of hydrogen-bond donors (Lipinski definition) is 2. The topological polar surface area (TPSA) is 71.1 Å². The molecular formula is C25H20ClN3O2S2. The van der Waals surface area contributed by atoms with Crippen LogP contribution in [0, 0.1) is 0 Å². The summed E-state index contributed by atoms with van der Waals surface area (Å²) in [6.07, 6.45) is 0.312. The van der Waals surface area contributed by atoms with Crippen LogP contribution < -0.4 is 10.6 Å². The molecule has 0 bridgehead atoms. The predicted molar refractivity (Wildman–Crippen MR) is 137 cm³/mol. The third-order valence-electron chi connectivity index (χ3n) is 4.59. The van der Waals surface area contributed by atoms with E-state index >= 15 is 0 Å². The lowest BCUT2D eigenvalue weighted by atomic mass is 10.1. The van der Waals surface area contributed by atoms with E-state index < -0.39 is 0 Å². The first-order valence-corrected chi connectivity index (χ1v) is 12.4. The number of halogens is 1. The van der Waals surface area contributed by atoms with Crippen LogP contribution in [0.25, 0.3) is 11.3 Å². The molecular weight excluding hydrogens is 474 g/mol. The van der Waals surface area contributed by atoms with Gasteiger partial charge in [-0.15, -0.1) is 23.1 Å². The molecule has 2 amide bonds. The minimum atomic E-state index is -0.143. The molecule has 1 heterocycles. The lowest BCUT2D eigenvalue weighted by Crippen LogP contribution is -2.14. The smallest absolute Gasteiger partial charge is 0.236 e. The van der Waals surface area contributed by atoms with Crippen LogP contribution in [0.1, 0.15) is 5.56 Å². The van der Waals surface area contributed by atoms with Crippen molar-refractivity contribution in [3.8, 4) is 11.3 Å². The van der Waals surface area contributed by atoms with Crippen LogP contribution >= 0.6 is 34.7 Å². The summed E-state index contributed by atoms with van der Waals surface area (Å²) in [5.74, 6) is 0.00829. The molecule has 0 atom stereocenters. The van der Waals surface area contributed by atoms with Crippen LogP contribution in [0.2, 0.25) is 5.02 Å². The summed E-state index contributed by atoms with van der Waals surface area (Å²) in [5.41, 5.74) is 3.39. The normalized spacial score (nSPS) is 10.6. The van der Waals surface area contributed by atoms with Gasteiger partial charge in [0.2, 0.25) is 11.8 Å². The van der Waals surface area contributed by atoms with Gasteiger partial charge >= 0.3 is 0 Å². The first-order valence-electron chi connectivity index (χ1n) is 10.1. The predicted octanol–water partition coefficient (Wildman–Crippen LogP) is 6.38. The van der Waals surface area contributed by atoms with Gasteiger partial charge in [0.1, 0.15) is 0 Å². The van der Waals surface area contributed by atoms with Gasteiger partial charge < -0.3 is 10.6 Å². The molecule has 0 saturated carbocycles. The number of hydrogen-bond acceptors (Lipinski definition) is 5. The fourth-order valence-electron chi connectivity index (χ4n) is 3.04. The third-order valence-corrected chi connectivity index (χ3v) is 6.59. The molecule has 0 unspecified atom stereocenters. The summed E-state index contributed by atoms with van der Waals surface area (Å²) in [4.78, 5) is 30.0. The Labute approximate surface area is 205 Å². The highest BCUT2D eigenvalue weighted by Crippen LogP contribution is 2.27. The van der Waals surface area contributed by atoms with Crippen LogP contribution in [-0.4, -0.2) is 22.6 Å². The van der Waals surface area contributed by atoms with E-state index in [1.54, 1.807) is 0 Å². The zero-order chi connectivity index (χ0) is 23.0. The molecule has 2 N–H and O–H groups in total. The summed E-state index contributed by atoms with van der Waals surface area (Å²) in [7, 11) is 0. The molecule has 0 spiro atoms. The van der Waals surface area contributed by atoms with Crippen molar-refractivity contribution in [2.75, 3.05) is 16.4 Å². The van der Waals surface area contributed by atoms with Crippen molar-refractivity contribution in [1.29, 1.82) is 0 Å². The lowest BCUT2D eigenvalue weighted by molar-refractivity contribution is -0.115.